The van der Waals surface area contributed by atoms with E-state index in [9.17, 15) is 4.79 Å². The van der Waals surface area contributed by atoms with E-state index < -0.39 is 5.97 Å². The quantitative estimate of drug-likeness (QED) is 0.409. The number of hydrogen-bond acceptors (Lipinski definition) is 1. The Morgan fingerprint density at radius 1 is 0.875 bits per heavy atom. The van der Waals surface area contributed by atoms with Crippen LogP contribution < -0.4 is 0 Å². The first-order chi connectivity index (χ1) is 6.77. The van der Waals surface area contributed by atoms with E-state index in [2.05, 4.69) is 6.92 Å². The first kappa shape index (κ1) is 23.1. The molecule has 0 rings (SSSR count). The molecular weight excluding hydrogens is 426 g/mol. The van der Waals surface area contributed by atoms with Gasteiger partial charge in [-0.3, -0.25) is 4.79 Å². The van der Waals surface area contributed by atoms with Crippen molar-refractivity contribution in [1.82, 2.24) is 0 Å². The van der Waals surface area contributed by atoms with Gasteiger partial charge in [0.15, 0.2) is 0 Å². The molecular formula is C12H26BaCdO2. The number of aliphatic carboxylic acids is 1. The van der Waals surface area contributed by atoms with Crippen LogP contribution in [0, 0.1) is 0 Å². The fourth-order valence-corrected chi connectivity index (χ4v) is 1.59. The molecule has 0 fully saturated rings. The zero-order valence-electron chi connectivity index (χ0n) is 10.1. The molecule has 0 aromatic carbocycles. The second-order valence-electron chi connectivity index (χ2n) is 3.97. The molecule has 0 saturated carbocycles. The molecule has 0 amide bonds. The summed E-state index contributed by atoms with van der Waals surface area (Å²) in [5, 5.41) is 8.41. The van der Waals surface area contributed by atoms with Gasteiger partial charge in [0.1, 0.15) is 0 Å². The molecule has 0 radical (unpaired) electrons. The average molecular weight is 452 g/mol. The maximum Gasteiger partial charge on any atom is 0 e. The molecule has 90 valence electrons. The number of rotatable bonds is 10. The van der Waals surface area contributed by atoms with E-state index in [4.69, 9.17) is 5.11 Å². The van der Waals surface area contributed by atoms with E-state index in [1.54, 1.807) is 0 Å². The molecule has 4 heteroatoms. The summed E-state index contributed by atoms with van der Waals surface area (Å²) in [5.74, 6) is -0.659. The molecule has 0 spiro atoms. The van der Waals surface area contributed by atoms with E-state index in [-0.39, 0.29) is 76.2 Å². The van der Waals surface area contributed by atoms with Crippen LogP contribution in [-0.4, -0.2) is 60.0 Å². The Morgan fingerprint density at radius 3 is 1.62 bits per heavy atom. The smallest absolute Gasteiger partial charge is 0 e. The number of carboxylic acid groups (broad SMARTS) is 1. The number of unbranched alkanes of at least 4 members (excludes halogenated alkanes) is 8. The van der Waals surface area contributed by atoms with Gasteiger partial charge in [0, 0.05) is 33.7 Å². The summed E-state index contributed by atoms with van der Waals surface area (Å²) in [5.41, 5.74) is 0. The molecule has 0 unspecified atom stereocenters. The van der Waals surface area contributed by atoms with Crippen molar-refractivity contribution in [1.29, 1.82) is 0 Å². The monoisotopic (exact) mass is 454 g/mol. The van der Waals surface area contributed by atoms with Crippen LogP contribution in [0.5, 0.6) is 0 Å². The maximum absolute atomic E-state index is 10.2. The molecule has 0 aliphatic carbocycles. The second kappa shape index (κ2) is 19.3. The minimum absolute atomic E-state index is 0. The van der Waals surface area contributed by atoms with Crippen LogP contribution in [0.25, 0.3) is 0 Å². The molecule has 0 aromatic heterocycles. The fraction of sp³-hybridized carbons (Fsp3) is 0.917. The molecule has 0 bridgehead atoms. The summed E-state index contributed by atoms with van der Waals surface area (Å²) < 4.78 is 0. The Bertz CT molecular complexity index is 143. The maximum atomic E-state index is 10.2. The largest absolute Gasteiger partial charge is 0 e. The van der Waals surface area contributed by atoms with E-state index >= 15 is 0 Å². The summed E-state index contributed by atoms with van der Waals surface area (Å²) in [4.78, 5) is 10.2. The molecule has 1 N–H and O–H groups in total. The molecule has 2 nitrogen and oxygen atoms in total. The first-order valence-electron chi connectivity index (χ1n) is 5.99. The summed E-state index contributed by atoms with van der Waals surface area (Å²) in [7, 11) is 0. The Kier molecular flexibility index (Phi) is 27.9. The van der Waals surface area contributed by atoms with Crippen molar-refractivity contribution >= 4 is 54.9 Å². The minimum Gasteiger partial charge on any atom is 0 e. The van der Waals surface area contributed by atoms with Gasteiger partial charge in [-0.15, -0.1) is 0 Å². The topological polar surface area (TPSA) is 37.3 Å². The predicted octanol–water partition coefficient (Wildman–Crippen LogP) is 3.07. The Balaban J connectivity index is -0.000000845. The van der Waals surface area contributed by atoms with E-state index in [0.717, 1.165) is 12.8 Å². The van der Waals surface area contributed by atoms with Gasteiger partial charge in [0.25, 0.3) is 0 Å². The van der Waals surface area contributed by atoms with Crippen LogP contribution in [0.2, 0.25) is 0 Å². The predicted molar refractivity (Wildman–Crippen MR) is 68.0 cm³/mol. The fourth-order valence-electron chi connectivity index (χ4n) is 1.59. The number of carboxylic acids is 1. The van der Waals surface area contributed by atoms with Gasteiger partial charge < -0.3 is 5.11 Å². The van der Waals surface area contributed by atoms with Crippen molar-refractivity contribution in [3.63, 3.8) is 0 Å². The molecule has 0 aromatic rings. The van der Waals surface area contributed by atoms with Gasteiger partial charge in [-0.2, -0.15) is 0 Å². The van der Waals surface area contributed by atoms with Gasteiger partial charge in [0.05, 0.1) is 0 Å². The van der Waals surface area contributed by atoms with Gasteiger partial charge in [-0.05, 0) is 6.42 Å². The van der Waals surface area contributed by atoms with E-state index in [1.165, 1.54) is 44.9 Å². The summed E-state index contributed by atoms with van der Waals surface area (Å²) in [6, 6.07) is 0. The number of hydrogen-bond donors (Lipinski definition) is 1. The molecule has 16 heavy (non-hydrogen) atoms. The molecule has 0 atom stereocenters. The first-order valence-corrected chi connectivity index (χ1v) is 5.99. The zero-order valence-corrected chi connectivity index (χ0v) is 14.2. The summed E-state index contributed by atoms with van der Waals surface area (Å²) >= 11 is 0. The standard InChI is InChI=1S/C12H24O2.Ba.Cd.2H/c1-2-3-4-5-6-7-8-9-10-11-12(13)14;;;;/h2-11H2,1H3,(H,13,14);;;;. The molecule has 0 aliphatic heterocycles. The Morgan fingerprint density at radius 2 is 1.25 bits per heavy atom. The van der Waals surface area contributed by atoms with E-state index in [0.29, 0.717) is 6.42 Å². The third-order valence-corrected chi connectivity index (χ3v) is 2.49. The number of carbonyl (C=O) groups is 1. The molecule has 0 saturated heterocycles. The summed E-state index contributed by atoms with van der Waals surface area (Å²) in [6.45, 7) is 2.23. The average Bonchev–Trinajstić information content (AvgIpc) is 2.15. The van der Waals surface area contributed by atoms with Crippen LogP contribution in [0.15, 0.2) is 0 Å². The Labute approximate surface area is 161 Å². The summed E-state index contributed by atoms with van der Waals surface area (Å²) in [6.07, 6.45) is 11.5. The van der Waals surface area contributed by atoms with Crippen LogP contribution in [0.4, 0.5) is 0 Å². The van der Waals surface area contributed by atoms with Crippen molar-refractivity contribution in [3.05, 3.63) is 0 Å². The van der Waals surface area contributed by atoms with Crippen molar-refractivity contribution < 1.29 is 37.2 Å². The van der Waals surface area contributed by atoms with Crippen LogP contribution in [-0.2, 0) is 32.1 Å². The van der Waals surface area contributed by atoms with Crippen molar-refractivity contribution in [2.24, 2.45) is 0 Å². The van der Waals surface area contributed by atoms with Gasteiger partial charge in [-0.25, -0.2) is 0 Å². The van der Waals surface area contributed by atoms with Crippen LogP contribution >= 0.6 is 0 Å². The molecule has 0 heterocycles. The second-order valence-corrected chi connectivity index (χ2v) is 3.97. The normalized spacial score (nSPS) is 9.06. The minimum atomic E-state index is -0.659. The van der Waals surface area contributed by atoms with Crippen molar-refractivity contribution in [2.75, 3.05) is 0 Å². The van der Waals surface area contributed by atoms with Crippen LogP contribution in [0.3, 0.4) is 0 Å². The van der Waals surface area contributed by atoms with Gasteiger partial charge in [-0.1, -0.05) is 58.3 Å². The van der Waals surface area contributed by atoms with Crippen molar-refractivity contribution in [2.45, 2.75) is 71.1 Å². The Hall–Kier alpha value is 1.96. The molecule has 0 aliphatic rings. The zero-order chi connectivity index (χ0) is 10.6. The van der Waals surface area contributed by atoms with Crippen LogP contribution in [0.1, 0.15) is 71.1 Å². The third-order valence-electron chi connectivity index (χ3n) is 2.49. The third kappa shape index (κ3) is 21.3. The van der Waals surface area contributed by atoms with Crippen molar-refractivity contribution in [3.8, 4) is 0 Å². The van der Waals surface area contributed by atoms with Gasteiger partial charge in [0.2, 0.25) is 0 Å². The van der Waals surface area contributed by atoms with Gasteiger partial charge >= 0.3 is 54.9 Å². The van der Waals surface area contributed by atoms with E-state index in [1.807, 2.05) is 0 Å². The SMILES string of the molecule is CCCCCCCCCCCC(=O)O.[BaH2].[Cd].